The highest BCUT2D eigenvalue weighted by atomic mass is 16.4. The van der Waals surface area contributed by atoms with Crippen LogP contribution in [0.5, 0.6) is 0 Å². The van der Waals surface area contributed by atoms with Crippen molar-refractivity contribution in [2.75, 3.05) is 78.5 Å². The Morgan fingerprint density at radius 1 is 0.688 bits per heavy atom. The van der Waals surface area contributed by atoms with Crippen molar-refractivity contribution in [3.63, 3.8) is 0 Å². The highest BCUT2D eigenvalue weighted by Gasteiger charge is 2.19. The number of hydrogen-bond acceptors (Lipinski definition) is 8. The van der Waals surface area contributed by atoms with Crippen LogP contribution in [0.15, 0.2) is 0 Å². The maximum Gasteiger partial charge on any atom is 0.317 e. The molecule has 0 bridgehead atoms. The summed E-state index contributed by atoms with van der Waals surface area (Å²) in [6.07, 6.45) is 0.497. The predicted molar refractivity (Wildman–Crippen MR) is 122 cm³/mol. The normalized spacial score (nSPS) is 17.4. The lowest BCUT2D eigenvalue weighted by Gasteiger charge is -2.33. The maximum absolute atomic E-state index is 11.9. The van der Waals surface area contributed by atoms with Crippen molar-refractivity contribution >= 4 is 24.2 Å². The van der Waals surface area contributed by atoms with Crippen LogP contribution in [-0.4, -0.2) is 138 Å². The third-order valence-electron chi connectivity index (χ3n) is 4.89. The van der Waals surface area contributed by atoms with Crippen LogP contribution in [0.25, 0.3) is 0 Å². The van der Waals surface area contributed by atoms with Gasteiger partial charge in [0.1, 0.15) is 5.78 Å². The van der Waals surface area contributed by atoms with Gasteiger partial charge >= 0.3 is 11.9 Å². The number of nitrogens with zero attached hydrogens (tertiary/aromatic N) is 4. The molecule has 0 radical (unpaired) electrons. The van der Waals surface area contributed by atoms with Crippen LogP contribution >= 0.6 is 0 Å². The van der Waals surface area contributed by atoms with E-state index in [0.29, 0.717) is 45.7 Å². The quantitative estimate of drug-likeness (QED) is 0.423. The lowest BCUT2D eigenvalue weighted by molar-refractivity contribution is -0.140. The summed E-state index contributed by atoms with van der Waals surface area (Å²) in [6, 6.07) is 0. The first-order valence-electron chi connectivity index (χ1n) is 11.2. The fourth-order valence-corrected chi connectivity index (χ4v) is 3.11. The fraction of sp³-hybridized carbons (Fsp3) is 0.810. The van der Waals surface area contributed by atoms with Crippen molar-refractivity contribution in [1.29, 1.82) is 0 Å². The molecule has 0 saturated carbocycles. The molecule has 0 atom stereocenters. The second-order valence-electron chi connectivity index (χ2n) is 7.05. The van der Waals surface area contributed by atoms with Crippen LogP contribution in [-0.2, 0) is 19.2 Å². The van der Waals surface area contributed by atoms with Gasteiger partial charge in [-0.1, -0.05) is 27.7 Å². The van der Waals surface area contributed by atoms with E-state index in [9.17, 15) is 14.4 Å². The van der Waals surface area contributed by atoms with Gasteiger partial charge in [-0.2, -0.15) is 0 Å². The largest absolute Gasteiger partial charge is 0.483 e. The molecular weight excluding hydrogens is 420 g/mol. The minimum Gasteiger partial charge on any atom is -0.483 e. The van der Waals surface area contributed by atoms with E-state index in [-0.39, 0.29) is 25.3 Å². The number of carboxylic acids is 2. The number of carbonyl (C=O) groups excluding carboxylic acids is 1. The third kappa shape index (κ3) is 17.6. The minimum absolute atomic E-state index is 0.0460. The molecule has 11 heteroatoms. The van der Waals surface area contributed by atoms with Gasteiger partial charge in [0.05, 0.1) is 19.6 Å². The van der Waals surface area contributed by atoms with Crippen LogP contribution in [0.3, 0.4) is 0 Å². The highest BCUT2D eigenvalue weighted by Crippen LogP contribution is 2.01. The summed E-state index contributed by atoms with van der Waals surface area (Å²) < 4.78 is 0. The highest BCUT2D eigenvalue weighted by molar-refractivity contribution is 5.80. The molecule has 32 heavy (non-hydrogen) atoms. The van der Waals surface area contributed by atoms with Crippen LogP contribution < -0.4 is 0 Å². The van der Waals surface area contributed by atoms with Gasteiger partial charge in [0, 0.05) is 58.8 Å². The van der Waals surface area contributed by atoms with Crippen molar-refractivity contribution in [3.05, 3.63) is 0 Å². The van der Waals surface area contributed by atoms with Gasteiger partial charge in [-0.25, -0.2) is 0 Å². The Kier molecular flexibility index (Phi) is 20.9. The summed E-state index contributed by atoms with van der Waals surface area (Å²) in [5, 5.41) is 25.2. The molecule has 0 aromatic heterocycles. The molecule has 0 aliphatic carbocycles. The molecule has 1 aliphatic rings. The summed E-state index contributed by atoms with van der Waals surface area (Å²) >= 11 is 0. The van der Waals surface area contributed by atoms with E-state index >= 15 is 0 Å². The summed E-state index contributed by atoms with van der Waals surface area (Å²) in [7, 11) is 0. The molecule has 1 saturated heterocycles. The smallest absolute Gasteiger partial charge is 0.317 e. The Labute approximate surface area is 191 Å². The van der Waals surface area contributed by atoms with E-state index in [2.05, 4.69) is 16.7 Å². The average molecular weight is 463 g/mol. The number of carboxylic acid groups (broad SMARTS) is 3. The lowest BCUT2D eigenvalue weighted by Crippen LogP contribution is -2.48. The lowest BCUT2D eigenvalue weighted by atomic mass is 10.2. The van der Waals surface area contributed by atoms with E-state index in [1.165, 1.54) is 0 Å². The summed E-state index contributed by atoms with van der Waals surface area (Å²) in [5.74, 6) is -1.60. The first-order valence-corrected chi connectivity index (χ1v) is 11.2. The Balaban J connectivity index is 0. The molecular formula is C21H42N4O7. The zero-order valence-corrected chi connectivity index (χ0v) is 20.0. The van der Waals surface area contributed by atoms with Gasteiger partial charge in [0.15, 0.2) is 0 Å². The number of carbonyl (C=O) groups is 4. The average Bonchev–Trinajstić information content (AvgIpc) is 2.75. The molecule has 0 aromatic rings. The first-order chi connectivity index (χ1) is 15.2. The van der Waals surface area contributed by atoms with Crippen LogP contribution in [0.1, 0.15) is 34.1 Å². The molecule has 0 amide bonds. The topological polar surface area (TPSA) is 142 Å². The zero-order chi connectivity index (χ0) is 24.9. The van der Waals surface area contributed by atoms with E-state index in [1.54, 1.807) is 0 Å². The number of likely N-dealkylation sites (N-methyl/N-ethyl adjacent to an activating group) is 1. The monoisotopic (exact) mass is 462 g/mol. The van der Waals surface area contributed by atoms with Gasteiger partial charge in [-0.05, 0) is 6.54 Å². The van der Waals surface area contributed by atoms with Gasteiger partial charge in [0.2, 0.25) is 0 Å². The molecule has 188 valence electrons. The second-order valence-corrected chi connectivity index (χ2v) is 7.05. The van der Waals surface area contributed by atoms with E-state index in [1.807, 2.05) is 30.6 Å². The Hall–Kier alpha value is -2.08. The predicted octanol–water partition coefficient (Wildman–Crippen LogP) is 0.103. The molecule has 11 nitrogen and oxygen atoms in total. The number of hydrogen-bond donors (Lipinski definition) is 3. The Morgan fingerprint density at radius 2 is 0.969 bits per heavy atom. The van der Waals surface area contributed by atoms with Crippen molar-refractivity contribution < 1.29 is 34.5 Å². The number of ketones is 1. The van der Waals surface area contributed by atoms with Crippen molar-refractivity contribution in [1.82, 2.24) is 19.6 Å². The van der Waals surface area contributed by atoms with Crippen molar-refractivity contribution in [2.45, 2.75) is 34.1 Å². The summed E-state index contributed by atoms with van der Waals surface area (Å²) in [4.78, 5) is 50.6. The molecule has 1 aliphatic heterocycles. The number of Topliss-reactive ketones (excluding diaryl/α,β-unsaturated/α-hetero) is 1. The number of aliphatic carboxylic acids is 2. The van der Waals surface area contributed by atoms with Crippen LogP contribution in [0, 0.1) is 0 Å². The van der Waals surface area contributed by atoms with E-state index < -0.39 is 11.9 Å². The SMILES string of the molecule is CC.CCC(=O)CN1CCN(CC)CCN(CC(=O)O)CCN(CC(=O)O)CC1.O=CO. The number of rotatable bonds is 8. The van der Waals surface area contributed by atoms with Gasteiger partial charge in [-0.3, -0.25) is 33.9 Å². The van der Waals surface area contributed by atoms with E-state index in [0.717, 1.165) is 26.2 Å². The molecule has 0 spiro atoms. The van der Waals surface area contributed by atoms with Crippen LogP contribution in [0.2, 0.25) is 0 Å². The van der Waals surface area contributed by atoms with Gasteiger partial charge in [-0.15, -0.1) is 0 Å². The molecule has 0 unspecified atom stereocenters. The van der Waals surface area contributed by atoms with E-state index in [4.69, 9.17) is 20.1 Å². The standard InChI is InChI=1S/C18H34N4O5.C2H6.CH2O2/c1-3-16(23)13-20-7-5-19(4-2)6-8-21(14-17(24)25)11-12-22(10-9-20)15-18(26)27;1-2;2-1-3/h3-15H2,1-2H3,(H,24,25)(H,26,27);1-2H3;1H,(H,2,3). The molecule has 0 aromatic carbocycles. The Morgan fingerprint density at radius 3 is 1.22 bits per heavy atom. The minimum atomic E-state index is -0.903. The first kappa shape index (κ1) is 32.1. The fourth-order valence-electron chi connectivity index (χ4n) is 3.11. The van der Waals surface area contributed by atoms with Crippen molar-refractivity contribution in [3.8, 4) is 0 Å². The summed E-state index contributed by atoms with van der Waals surface area (Å²) in [6.45, 7) is 13.8. The van der Waals surface area contributed by atoms with Gasteiger partial charge in [0.25, 0.3) is 6.47 Å². The van der Waals surface area contributed by atoms with Crippen molar-refractivity contribution in [2.24, 2.45) is 0 Å². The maximum atomic E-state index is 11.9. The van der Waals surface area contributed by atoms with Crippen LogP contribution in [0.4, 0.5) is 0 Å². The molecule has 3 N–H and O–H groups in total. The zero-order valence-electron chi connectivity index (χ0n) is 20.0. The Bertz CT molecular complexity index is 534. The third-order valence-corrected chi connectivity index (χ3v) is 4.89. The summed E-state index contributed by atoms with van der Waals surface area (Å²) in [5.41, 5.74) is 0. The second kappa shape index (κ2) is 20.8. The molecule has 1 fully saturated rings. The van der Waals surface area contributed by atoms with Gasteiger partial charge < -0.3 is 20.2 Å². The molecule has 1 heterocycles. The molecule has 1 rings (SSSR count).